The van der Waals surface area contributed by atoms with Gasteiger partial charge in [-0.2, -0.15) is 0 Å². The third kappa shape index (κ3) is 4.72. The van der Waals surface area contributed by atoms with Crippen LogP contribution >= 0.6 is 24.8 Å². The number of anilines is 1. The first-order valence-corrected chi connectivity index (χ1v) is 7.04. The quantitative estimate of drug-likeness (QED) is 0.638. The number of aromatic nitrogens is 1. The molecule has 0 aliphatic heterocycles. The van der Waals surface area contributed by atoms with Gasteiger partial charge < -0.3 is 4.90 Å². The minimum absolute atomic E-state index is 0. The Morgan fingerprint density at radius 3 is 2.17 bits per heavy atom. The molecule has 0 amide bonds. The van der Waals surface area contributed by atoms with Crippen LogP contribution in [-0.4, -0.2) is 19.1 Å². The van der Waals surface area contributed by atoms with Gasteiger partial charge in [0, 0.05) is 25.2 Å². The lowest BCUT2D eigenvalue weighted by atomic mass is 10.1. The Morgan fingerprint density at radius 1 is 0.783 bits per heavy atom. The van der Waals surface area contributed by atoms with Crippen molar-refractivity contribution < 1.29 is 0 Å². The van der Waals surface area contributed by atoms with Crippen LogP contribution in [0.15, 0.2) is 60.7 Å². The lowest BCUT2D eigenvalue weighted by molar-refractivity contribution is 1.13. The first-order chi connectivity index (χ1) is 10.2. The molecular weight excluding hydrogens is 327 g/mol. The molecule has 0 unspecified atom stereocenters. The molecule has 120 valence electrons. The van der Waals surface area contributed by atoms with Crippen molar-refractivity contribution in [3.05, 3.63) is 71.9 Å². The van der Waals surface area contributed by atoms with Gasteiger partial charge in [-0.3, -0.25) is 0 Å². The molecule has 23 heavy (non-hydrogen) atoms. The number of rotatable bonds is 3. The minimum Gasteiger partial charge on any atom is -0.378 e. The van der Waals surface area contributed by atoms with Gasteiger partial charge >= 0.3 is 0 Å². The van der Waals surface area contributed by atoms with Gasteiger partial charge in [-0.15, -0.1) is 24.8 Å². The molecule has 2 aromatic carbocycles. The summed E-state index contributed by atoms with van der Waals surface area (Å²) >= 11 is 0. The van der Waals surface area contributed by atoms with E-state index in [9.17, 15) is 0 Å². The summed E-state index contributed by atoms with van der Waals surface area (Å²) in [4.78, 5) is 6.74. The fourth-order valence-corrected chi connectivity index (χ4v) is 2.24. The predicted molar refractivity (Wildman–Crippen MR) is 106 cm³/mol. The third-order valence-corrected chi connectivity index (χ3v) is 3.48. The van der Waals surface area contributed by atoms with Crippen LogP contribution in [0.3, 0.4) is 0 Å². The smallest absolute Gasteiger partial charge is 0.0709 e. The van der Waals surface area contributed by atoms with Crippen LogP contribution in [0.1, 0.15) is 11.3 Å². The Morgan fingerprint density at radius 2 is 1.48 bits per heavy atom. The topological polar surface area (TPSA) is 16.1 Å². The van der Waals surface area contributed by atoms with E-state index in [-0.39, 0.29) is 24.8 Å². The van der Waals surface area contributed by atoms with E-state index in [1.807, 2.05) is 38.4 Å². The highest BCUT2D eigenvalue weighted by molar-refractivity contribution is 5.85. The van der Waals surface area contributed by atoms with Crippen molar-refractivity contribution >= 4 is 53.6 Å². The monoisotopic (exact) mass is 346 g/mol. The summed E-state index contributed by atoms with van der Waals surface area (Å²) < 4.78 is 0. The Hall–Kier alpha value is -2.03. The van der Waals surface area contributed by atoms with Crippen LogP contribution in [-0.2, 0) is 0 Å². The van der Waals surface area contributed by atoms with Gasteiger partial charge in [0.25, 0.3) is 0 Å². The molecule has 0 saturated carbocycles. The summed E-state index contributed by atoms with van der Waals surface area (Å²) in [6.45, 7) is 0. The van der Waals surface area contributed by atoms with Crippen molar-refractivity contribution in [2.24, 2.45) is 0 Å². The summed E-state index contributed by atoms with van der Waals surface area (Å²) in [5.41, 5.74) is 4.39. The average Bonchev–Trinajstić information content (AvgIpc) is 2.53. The van der Waals surface area contributed by atoms with Crippen LogP contribution in [0.4, 0.5) is 5.69 Å². The molecule has 0 aliphatic carbocycles. The zero-order chi connectivity index (χ0) is 14.7. The molecule has 0 radical (unpaired) electrons. The maximum atomic E-state index is 4.64. The van der Waals surface area contributed by atoms with Gasteiger partial charge in [0.1, 0.15) is 0 Å². The molecule has 0 N–H and O–H groups in total. The fraction of sp³-hybridized carbons (Fsp3) is 0.105. The summed E-state index contributed by atoms with van der Waals surface area (Å²) in [5, 5.41) is 1.17. The van der Waals surface area contributed by atoms with E-state index in [0.29, 0.717) is 0 Å². The standard InChI is InChI=1S/C19H18N2.2ClH/c1-21(2)18-13-8-15(9-14-18)7-11-17-12-10-16-5-3-4-6-19(16)20-17;;/h3-14H,1-2H3;2*1H. The van der Waals surface area contributed by atoms with Crippen LogP contribution in [0.5, 0.6) is 0 Å². The molecule has 0 spiro atoms. The molecule has 2 nitrogen and oxygen atoms in total. The highest BCUT2D eigenvalue weighted by atomic mass is 35.5. The molecule has 1 aromatic heterocycles. The van der Waals surface area contributed by atoms with Crippen LogP contribution < -0.4 is 4.90 Å². The van der Waals surface area contributed by atoms with E-state index in [1.165, 1.54) is 16.6 Å². The second-order valence-corrected chi connectivity index (χ2v) is 5.25. The predicted octanol–water partition coefficient (Wildman–Crippen LogP) is 5.31. The number of halogens is 2. The second-order valence-electron chi connectivity index (χ2n) is 5.25. The molecule has 0 fully saturated rings. The highest BCUT2D eigenvalue weighted by Gasteiger charge is 1.96. The van der Waals surface area contributed by atoms with E-state index < -0.39 is 0 Å². The number of para-hydroxylation sites is 1. The van der Waals surface area contributed by atoms with Crippen LogP contribution in [0, 0.1) is 0 Å². The number of hydrogen-bond donors (Lipinski definition) is 0. The van der Waals surface area contributed by atoms with Gasteiger partial charge in [-0.05, 0) is 35.9 Å². The first kappa shape index (κ1) is 19.0. The molecule has 4 heteroatoms. The van der Waals surface area contributed by atoms with E-state index in [1.54, 1.807) is 0 Å². The van der Waals surface area contributed by atoms with E-state index in [0.717, 1.165) is 11.2 Å². The summed E-state index contributed by atoms with van der Waals surface area (Å²) in [7, 11) is 4.09. The normalized spacial score (nSPS) is 10.2. The van der Waals surface area contributed by atoms with Gasteiger partial charge in [-0.1, -0.05) is 42.5 Å². The van der Waals surface area contributed by atoms with Crippen molar-refractivity contribution in [3.63, 3.8) is 0 Å². The van der Waals surface area contributed by atoms with Gasteiger partial charge in [0.2, 0.25) is 0 Å². The Kier molecular flexibility index (Phi) is 7.08. The first-order valence-electron chi connectivity index (χ1n) is 7.04. The van der Waals surface area contributed by atoms with Gasteiger partial charge in [-0.25, -0.2) is 4.98 Å². The van der Waals surface area contributed by atoms with Crippen LogP contribution in [0.25, 0.3) is 23.1 Å². The van der Waals surface area contributed by atoms with Crippen molar-refractivity contribution in [2.45, 2.75) is 0 Å². The van der Waals surface area contributed by atoms with Crippen molar-refractivity contribution in [1.29, 1.82) is 0 Å². The Labute approximate surface area is 149 Å². The number of benzene rings is 2. The van der Waals surface area contributed by atoms with Crippen LogP contribution in [0.2, 0.25) is 0 Å². The van der Waals surface area contributed by atoms with Crippen molar-refractivity contribution in [3.8, 4) is 0 Å². The maximum absolute atomic E-state index is 4.64. The lowest BCUT2D eigenvalue weighted by Crippen LogP contribution is -2.07. The number of hydrogen-bond acceptors (Lipinski definition) is 2. The second kappa shape index (κ2) is 8.56. The molecule has 3 aromatic rings. The zero-order valence-electron chi connectivity index (χ0n) is 13.1. The highest BCUT2D eigenvalue weighted by Crippen LogP contribution is 2.16. The Balaban J connectivity index is 0.00000132. The largest absolute Gasteiger partial charge is 0.378 e. The maximum Gasteiger partial charge on any atom is 0.0709 e. The molecule has 0 saturated heterocycles. The number of nitrogens with zero attached hydrogens (tertiary/aromatic N) is 2. The molecule has 0 aliphatic rings. The minimum atomic E-state index is 0. The third-order valence-electron chi connectivity index (χ3n) is 3.48. The fourth-order valence-electron chi connectivity index (χ4n) is 2.24. The molecule has 0 atom stereocenters. The van der Waals surface area contributed by atoms with Gasteiger partial charge in [0.05, 0.1) is 11.2 Å². The number of pyridine rings is 1. The zero-order valence-corrected chi connectivity index (χ0v) is 14.8. The van der Waals surface area contributed by atoms with Crippen molar-refractivity contribution in [2.75, 3.05) is 19.0 Å². The molecular formula is C19H20Cl2N2. The number of fused-ring (bicyclic) bond motifs is 1. The average molecular weight is 347 g/mol. The molecule has 3 rings (SSSR count). The Bertz CT molecular complexity index is 781. The SMILES string of the molecule is CN(C)c1ccc(C=Cc2ccc3ccccc3n2)cc1.Cl.Cl. The summed E-state index contributed by atoms with van der Waals surface area (Å²) in [5.74, 6) is 0. The molecule has 0 bridgehead atoms. The van der Waals surface area contributed by atoms with E-state index >= 15 is 0 Å². The molecule has 1 heterocycles. The van der Waals surface area contributed by atoms with Gasteiger partial charge in [0.15, 0.2) is 0 Å². The summed E-state index contributed by atoms with van der Waals surface area (Å²) in [6.07, 6.45) is 4.15. The van der Waals surface area contributed by atoms with E-state index in [4.69, 9.17) is 0 Å². The van der Waals surface area contributed by atoms with E-state index in [2.05, 4.69) is 58.4 Å². The summed E-state index contributed by atoms with van der Waals surface area (Å²) in [6, 6.07) is 20.8. The van der Waals surface area contributed by atoms with Crippen molar-refractivity contribution in [1.82, 2.24) is 4.98 Å². The lowest BCUT2D eigenvalue weighted by Gasteiger charge is -2.11.